The summed E-state index contributed by atoms with van der Waals surface area (Å²) in [7, 11) is 0.366. The average Bonchev–Trinajstić information content (AvgIpc) is 2.29. The predicted molar refractivity (Wildman–Crippen MR) is 59.0 cm³/mol. The van der Waals surface area contributed by atoms with Crippen molar-refractivity contribution in [3.63, 3.8) is 0 Å². The van der Waals surface area contributed by atoms with Crippen molar-refractivity contribution < 1.29 is 0 Å². The molecule has 0 heterocycles. The minimum atomic E-state index is 0.366. The van der Waals surface area contributed by atoms with Gasteiger partial charge < -0.3 is 0 Å². The van der Waals surface area contributed by atoms with E-state index in [0.29, 0.717) is 10.5 Å². The fourth-order valence-corrected chi connectivity index (χ4v) is 3.49. The molecular formula is C11H18S. The first kappa shape index (κ1) is 8.55. The fourth-order valence-electron chi connectivity index (χ4n) is 2.65. The molecule has 2 rings (SSSR count). The maximum Gasteiger partial charge on any atom is 0.00852 e. The lowest BCUT2D eigenvalue weighted by molar-refractivity contribution is 0.503. The van der Waals surface area contributed by atoms with Gasteiger partial charge in [0.25, 0.3) is 0 Å². The molecule has 3 atom stereocenters. The molecule has 2 aliphatic carbocycles. The molecule has 0 nitrogen and oxygen atoms in total. The van der Waals surface area contributed by atoms with E-state index in [1.165, 1.54) is 31.4 Å². The Bertz CT molecular complexity index is 227. The van der Waals surface area contributed by atoms with Gasteiger partial charge in [0.1, 0.15) is 0 Å². The van der Waals surface area contributed by atoms with Crippen LogP contribution in [-0.4, -0.2) is 17.9 Å². The molecule has 0 saturated heterocycles. The van der Waals surface area contributed by atoms with Crippen molar-refractivity contribution in [2.45, 2.75) is 25.7 Å². The van der Waals surface area contributed by atoms with Crippen molar-refractivity contribution in [3.05, 3.63) is 11.6 Å². The molecule has 0 N–H and O–H groups in total. The second-order valence-corrected chi connectivity index (χ2v) is 6.25. The summed E-state index contributed by atoms with van der Waals surface area (Å²) < 4.78 is 0. The molecule has 1 heteroatoms. The molecule has 0 aromatic heterocycles. The first-order valence-electron chi connectivity index (χ1n) is 4.86. The molecule has 3 unspecified atom stereocenters. The van der Waals surface area contributed by atoms with Crippen LogP contribution in [-0.2, 0) is 0 Å². The first-order chi connectivity index (χ1) is 5.74. The standard InChI is InChI=1S/C11H18S/c1-12(2)8-11-6-9-3-4-10(5-9)7-11/h6,9-10H,1,3-5,7-8H2,2H3. The second kappa shape index (κ2) is 3.37. The third-order valence-corrected chi connectivity index (χ3v) is 3.90. The van der Waals surface area contributed by atoms with E-state index in [2.05, 4.69) is 18.2 Å². The van der Waals surface area contributed by atoms with Gasteiger partial charge in [-0.25, -0.2) is 0 Å². The van der Waals surface area contributed by atoms with Crippen LogP contribution < -0.4 is 0 Å². The summed E-state index contributed by atoms with van der Waals surface area (Å²) in [6, 6.07) is 0. The summed E-state index contributed by atoms with van der Waals surface area (Å²) in [6.07, 6.45) is 10.6. The Balaban J connectivity index is 2.03. The highest BCUT2D eigenvalue weighted by atomic mass is 32.2. The lowest BCUT2D eigenvalue weighted by Crippen LogP contribution is -2.06. The largest absolute Gasteiger partial charge is 0.192 e. The van der Waals surface area contributed by atoms with E-state index in [4.69, 9.17) is 0 Å². The minimum Gasteiger partial charge on any atom is -0.192 e. The third kappa shape index (κ3) is 1.82. The normalized spacial score (nSPS) is 36.2. The van der Waals surface area contributed by atoms with Crippen LogP contribution in [0.3, 0.4) is 0 Å². The Hall–Kier alpha value is -0.0400. The minimum absolute atomic E-state index is 0.366. The van der Waals surface area contributed by atoms with Gasteiger partial charge in [-0.2, -0.15) is 10.5 Å². The quantitative estimate of drug-likeness (QED) is 0.455. The van der Waals surface area contributed by atoms with Gasteiger partial charge in [-0.1, -0.05) is 17.5 Å². The van der Waals surface area contributed by atoms with Gasteiger partial charge in [0.05, 0.1) is 0 Å². The SMILES string of the molecule is C=S(C)CC1=CC2CCC(C1)C2. The fraction of sp³-hybridized carbons (Fsp3) is 0.727. The van der Waals surface area contributed by atoms with Gasteiger partial charge in [-0.05, 0) is 43.8 Å². The smallest absolute Gasteiger partial charge is 0.00852 e. The van der Waals surface area contributed by atoms with Gasteiger partial charge in [0.15, 0.2) is 0 Å². The average molecular weight is 182 g/mol. The van der Waals surface area contributed by atoms with Crippen molar-refractivity contribution in [2.24, 2.45) is 11.8 Å². The second-order valence-electron chi connectivity index (χ2n) is 4.39. The molecule has 12 heavy (non-hydrogen) atoms. The molecular weight excluding hydrogens is 164 g/mol. The molecule has 0 aliphatic heterocycles. The Morgan fingerprint density at radius 2 is 2.42 bits per heavy atom. The molecule has 2 bridgehead atoms. The Morgan fingerprint density at radius 3 is 3.08 bits per heavy atom. The van der Waals surface area contributed by atoms with Crippen molar-refractivity contribution in [2.75, 3.05) is 12.0 Å². The highest BCUT2D eigenvalue weighted by molar-refractivity contribution is 8.13. The Morgan fingerprint density at radius 1 is 1.58 bits per heavy atom. The van der Waals surface area contributed by atoms with Crippen molar-refractivity contribution in [1.29, 1.82) is 0 Å². The summed E-state index contributed by atoms with van der Waals surface area (Å²) in [5, 5.41) is 0. The Kier molecular flexibility index (Phi) is 2.40. The number of hydrogen-bond donors (Lipinski definition) is 0. The summed E-state index contributed by atoms with van der Waals surface area (Å²) >= 11 is 0. The lowest BCUT2D eigenvalue weighted by atomic mass is 9.90. The van der Waals surface area contributed by atoms with Gasteiger partial charge in [0, 0.05) is 5.75 Å². The molecule has 68 valence electrons. The van der Waals surface area contributed by atoms with Crippen LogP contribution >= 0.6 is 10.5 Å². The van der Waals surface area contributed by atoms with Crippen LogP contribution in [0, 0.1) is 11.8 Å². The van der Waals surface area contributed by atoms with E-state index in [1.807, 2.05) is 0 Å². The van der Waals surface area contributed by atoms with Crippen molar-refractivity contribution >= 4 is 16.4 Å². The van der Waals surface area contributed by atoms with E-state index in [0.717, 1.165) is 11.8 Å². The summed E-state index contributed by atoms with van der Waals surface area (Å²) in [5.74, 6) is 7.35. The van der Waals surface area contributed by atoms with Gasteiger partial charge >= 0.3 is 0 Å². The van der Waals surface area contributed by atoms with Crippen LogP contribution in [0.4, 0.5) is 0 Å². The van der Waals surface area contributed by atoms with E-state index >= 15 is 0 Å². The highest BCUT2D eigenvalue weighted by Gasteiger charge is 2.28. The van der Waals surface area contributed by atoms with Gasteiger partial charge in [-0.3, -0.25) is 0 Å². The summed E-state index contributed by atoms with van der Waals surface area (Å²) in [6.45, 7) is 0. The van der Waals surface area contributed by atoms with E-state index in [1.54, 1.807) is 5.57 Å². The number of hydrogen-bond acceptors (Lipinski definition) is 0. The van der Waals surface area contributed by atoms with E-state index in [9.17, 15) is 0 Å². The van der Waals surface area contributed by atoms with Crippen LogP contribution in [0.15, 0.2) is 11.6 Å². The molecule has 1 saturated carbocycles. The van der Waals surface area contributed by atoms with Crippen LogP contribution in [0.2, 0.25) is 0 Å². The maximum absolute atomic E-state index is 4.09. The van der Waals surface area contributed by atoms with E-state index < -0.39 is 0 Å². The zero-order chi connectivity index (χ0) is 8.55. The predicted octanol–water partition coefficient (Wildman–Crippen LogP) is 3.06. The zero-order valence-corrected chi connectivity index (χ0v) is 8.70. The molecule has 1 fully saturated rings. The summed E-state index contributed by atoms with van der Waals surface area (Å²) in [5.41, 5.74) is 1.72. The van der Waals surface area contributed by atoms with Gasteiger partial charge in [-0.15, -0.1) is 0 Å². The van der Waals surface area contributed by atoms with Crippen molar-refractivity contribution in [1.82, 2.24) is 0 Å². The molecule has 0 aromatic carbocycles. The van der Waals surface area contributed by atoms with Crippen LogP contribution in [0.5, 0.6) is 0 Å². The topological polar surface area (TPSA) is 0 Å². The first-order valence-corrected chi connectivity index (χ1v) is 6.83. The highest BCUT2D eigenvalue weighted by Crippen LogP contribution is 2.41. The molecule has 0 spiro atoms. The monoisotopic (exact) mass is 182 g/mol. The zero-order valence-electron chi connectivity index (χ0n) is 7.88. The van der Waals surface area contributed by atoms with Crippen molar-refractivity contribution in [3.8, 4) is 0 Å². The van der Waals surface area contributed by atoms with Gasteiger partial charge in [0.2, 0.25) is 0 Å². The number of rotatable bonds is 2. The van der Waals surface area contributed by atoms with E-state index in [-0.39, 0.29) is 0 Å². The third-order valence-electron chi connectivity index (χ3n) is 3.04. The Labute approximate surface area is 78.0 Å². The number of allylic oxidation sites excluding steroid dienone is 1. The van der Waals surface area contributed by atoms with Crippen LogP contribution in [0.1, 0.15) is 25.7 Å². The number of fused-ring (bicyclic) bond motifs is 2. The molecule has 0 amide bonds. The molecule has 0 radical (unpaired) electrons. The van der Waals surface area contributed by atoms with Crippen LogP contribution in [0.25, 0.3) is 0 Å². The molecule has 2 aliphatic rings. The summed E-state index contributed by atoms with van der Waals surface area (Å²) in [4.78, 5) is 0. The lowest BCUT2D eigenvalue weighted by Gasteiger charge is -2.19. The maximum atomic E-state index is 4.09. The molecule has 0 aromatic rings.